The summed E-state index contributed by atoms with van der Waals surface area (Å²) in [7, 11) is 0. The first-order valence-electron chi connectivity index (χ1n) is 5.87. The Hall–Kier alpha value is -1.24. The van der Waals surface area contributed by atoms with Gasteiger partial charge in [-0.2, -0.15) is 0 Å². The summed E-state index contributed by atoms with van der Waals surface area (Å²) in [5.74, 6) is 1.13. The van der Waals surface area contributed by atoms with Gasteiger partial charge in [-0.25, -0.2) is 4.98 Å². The van der Waals surface area contributed by atoms with Crippen molar-refractivity contribution in [3.8, 4) is 11.4 Å². The Kier molecular flexibility index (Phi) is 2.93. The number of hydrogen-bond donors (Lipinski definition) is 1. The van der Waals surface area contributed by atoms with Gasteiger partial charge in [0.1, 0.15) is 5.82 Å². The van der Waals surface area contributed by atoms with Crippen molar-refractivity contribution >= 4 is 22.6 Å². The van der Waals surface area contributed by atoms with Crippen molar-refractivity contribution in [2.75, 3.05) is 0 Å². The summed E-state index contributed by atoms with van der Waals surface area (Å²) in [6.45, 7) is 1.97. The molecule has 2 heterocycles. The lowest BCUT2D eigenvalue weighted by Crippen LogP contribution is -2.16. The van der Waals surface area contributed by atoms with Crippen LogP contribution in [0.5, 0.6) is 0 Å². The third-order valence-corrected chi connectivity index (χ3v) is 4.17. The van der Waals surface area contributed by atoms with Crippen LogP contribution in [0.25, 0.3) is 11.4 Å². The average Bonchev–Trinajstić information content (AvgIpc) is 3.17. The molecule has 1 aliphatic rings. The van der Waals surface area contributed by atoms with E-state index in [4.69, 9.17) is 0 Å². The van der Waals surface area contributed by atoms with Crippen LogP contribution in [0.4, 0.5) is 0 Å². The second-order valence-electron chi connectivity index (χ2n) is 4.58. The number of halogens is 1. The molecule has 0 aromatic carbocycles. The second kappa shape index (κ2) is 4.46. The highest BCUT2D eigenvalue weighted by Gasteiger charge is 2.29. The summed E-state index contributed by atoms with van der Waals surface area (Å²) in [4.78, 5) is 23.5. The van der Waals surface area contributed by atoms with Gasteiger partial charge < -0.3 is 4.98 Å². The molecule has 2 aromatic rings. The Morgan fingerprint density at radius 3 is 2.89 bits per heavy atom. The monoisotopic (exact) mass is 353 g/mol. The molecule has 2 aromatic heterocycles. The van der Waals surface area contributed by atoms with Gasteiger partial charge in [-0.05, 0) is 54.0 Å². The molecule has 0 atom stereocenters. The van der Waals surface area contributed by atoms with Gasteiger partial charge in [0.25, 0.3) is 5.56 Å². The van der Waals surface area contributed by atoms with Crippen LogP contribution in [0.15, 0.2) is 23.3 Å². The van der Waals surface area contributed by atoms with Crippen LogP contribution in [0.1, 0.15) is 30.0 Å². The van der Waals surface area contributed by atoms with Crippen molar-refractivity contribution in [2.45, 2.75) is 25.7 Å². The highest BCUT2D eigenvalue weighted by Crippen LogP contribution is 2.40. The zero-order chi connectivity index (χ0) is 12.7. The quantitative estimate of drug-likeness (QED) is 0.845. The van der Waals surface area contributed by atoms with Gasteiger partial charge in [0.15, 0.2) is 0 Å². The fraction of sp³-hybridized carbons (Fsp3) is 0.308. The van der Waals surface area contributed by atoms with Crippen LogP contribution >= 0.6 is 22.6 Å². The van der Waals surface area contributed by atoms with Gasteiger partial charge in [0.05, 0.1) is 9.26 Å². The highest BCUT2D eigenvalue weighted by molar-refractivity contribution is 14.1. The third-order valence-electron chi connectivity index (χ3n) is 3.13. The molecule has 0 aliphatic heterocycles. The molecule has 0 amide bonds. The smallest absolute Gasteiger partial charge is 0.264 e. The van der Waals surface area contributed by atoms with Crippen molar-refractivity contribution in [2.24, 2.45) is 0 Å². The molecule has 1 fully saturated rings. The summed E-state index contributed by atoms with van der Waals surface area (Å²) < 4.78 is 0.727. The number of H-pyrrole nitrogens is 1. The lowest BCUT2D eigenvalue weighted by Gasteiger charge is -2.07. The predicted molar refractivity (Wildman–Crippen MR) is 77.5 cm³/mol. The molecule has 1 aliphatic carbocycles. The predicted octanol–water partition coefficient (Wildman–Crippen LogP) is 2.62. The van der Waals surface area contributed by atoms with Crippen LogP contribution < -0.4 is 5.56 Å². The van der Waals surface area contributed by atoms with Crippen molar-refractivity contribution in [1.29, 1.82) is 0 Å². The number of aromatic nitrogens is 3. The maximum Gasteiger partial charge on any atom is 0.264 e. The van der Waals surface area contributed by atoms with Crippen LogP contribution in [0.3, 0.4) is 0 Å². The van der Waals surface area contributed by atoms with Gasteiger partial charge in [0.2, 0.25) is 0 Å². The van der Waals surface area contributed by atoms with Gasteiger partial charge >= 0.3 is 0 Å². The molecule has 92 valence electrons. The molecule has 1 saturated carbocycles. The number of pyridine rings is 1. The molecule has 3 rings (SSSR count). The zero-order valence-electron chi connectivity index (χ0n) is 9.90. The minimum Gasteiger partial charge on any atom is -0.306 e. The summed E-state index contributed by atoms with van der Waals surface area (Å²) in [5.41, 5.74) is 2.87. The van der Waals surface area contributed by atoms with E-state index in [0.29, 0.717) is 11.7 Å². The van der Waals surface area contributed by atoms with Crippen molar-refractivity contribution < 1.29 is 0 Å². The number of aromatic amines is 1. The van der Waals surface area contributed by atoms with E-state index in [1.807, 2.05) is 13.0 Å². The molecule has 0 unspecified atom stereocenters. The second-order valence-corrected chi connectivity index (χ2v) is 5.66. The van der Waals surface area contributed by atoms with E-state index in [1.165, 1.54) is 0 Å². The molecule has 0 radical (unpaired) electrons. The minimum absolute atomic E-state index is 0.0429. The van der Waals surface area contributed by atoms with E-state index in [2.05, 4.69) is 37.5 Å². The number of nitrogens with one attached hydrogen (secondary N) is 1. The standard InChI is InChI=1S/C13H12IN3O/c1-7-6-15-5-4-9(7)12-16-11(8-2-3-8)10(14)13(18)17-12/h4-6,8H,2-3H2,1H3,(H,16,17,18). The fourth-order valence-corrected chi connectivity index (χ4v) is 2.67. The number of hydrogen-bond acceptors (Lipinski definition) is 3. The van der Waals surface area contributed by atoms with E-state index in [9.17, 15) is 4.79 Å². The van der Waals surface area contributed by atoms with Crippen LogP contribution in [0.2, 0.25) is 0 Å². The van der Waals surface area contributed by atoms with Crippen molar-refractivity contribution in [3.63, 3.8) is 0 Å². The lowest BCUT2D eigenvalue weighted by molar-refractivity contribution is 0.956. The fourth-order valence-electron chi connectivity index (χ4n) is 1.97. The molecule has 0 saturated heterocycles. The summed E-state index contributed by atoms with van der Waals surface area (Å²) >= 11 is 2.09. The molecule has 1 N–H and O–H groups in total. The molecule has 4 nitrogen and oxygen atoms in total. The van der Waals surface area contributed by atoms with Crippen molar-refractivity contribution in [3.05, 3.63) is 43.6 Å². The maximum absolute atomic E-state index is 12.0. The Balaban J connectivity index is 2.19. The largest absolute Gasteiger partial charge is 0.306 e. The average molecular weight is 353 g/mol. The van der Waals surface area contributed by atoms with Gasteiger partial charge in [0, 0.05) is 23.9 Å². The molecule has 0 bridgehead atoms. The van der Waals surface area contributed by atoms with E-state index in [1.54, 1.807) is 12.4 Å². The van der Waals surface area contributed by atoms with E-state index < -0.39 is 0 Å². The Bertz CT molecular complexity index is 662. The third kappa shape index (κ3) is 2.07. The SMILES string of the molecule is Cc1cnccc1-c1nc(C2CC2)c(I)c(=O)[nH]1. The topological polar surface area (TPSA) is 58.6 Å². The van der Waals surface area contributed by atoms with Gasteiger partial charge in [-0.15, -0.1) is 0 Å². The van der Waals surface area contributed by atoms with Crippen LogP contribution in [0, 0.1) is 10.5 Å². The first kappa shape index (κ1) is 11.8. The molecule has 0 spiro atoms. The summed E-state index contributed by atoms with van der Waals surface area (Å²) in [6.07, 6.45) is 5.78. The first-order valence-corrected chi connectivity index (χ1v) is 6.95. The van der Waals surface area contributed by atoms with E-state index in [-0.39, 0.29) is 5.56 Å². The van der Waals surface area contributed by atoms with Crippen LogP contribution in [-0.2, 0) is 0 Å². The van der Waals surface area contributed by atoms with Gasteiger partial charge in [-0.3, -0.25) is 9.78 Å². The molecule has 5 heteroatoms. The van der Waals surface area contributed by atoms with E-state index >= 15 is 0 Å². The van der Waals surface area contributed by atoms with Crippen molar-refractivity contribution in [1.82, 2.24) is 15.0 Å². The number of rotatable bonds is 2. The normalized spacial score (nSPS) is 14.8. The Labute approximate surface area is 118 Å². The summed E-state index contributed by atoms with van der Waals surface area (Å²) in [5, 5.41) is 0. The van der Waals surface area contributed by atoms with Crippen LogP contribution in [-0.4, -0.2) is 15.0 Å². The van der Waals surface area contributed by atoms with E-state index in [0.717, 1.165) is 33.2 Å². The lowest BCUT2D eigenvalue weighted by atomic mass is 10.1. The van der Waals surface area contributed by atoms with Gasteiger partial charge in [-0.1, -0.05) is 0 Å². The molecular formula is C13H12IN3O. The Morgan fingerprint density at radius 1 is 1.44 bits per heavy atom. The maximum atomic E-state index is 12.0. The molecular weight excluding hydrogens is 341 g/mol. The number of aryl methyl sites for hydroxylation is 1. The summed E-state index contributed by atoms with van der Waals surface area (Å²) in [6, 6.07) is 1.89. The zero-order valence-corrected chi connectivity index (χ0v) is 12.1. The number of nitrogens with zero attached hydrogens (tertiary/aromatic N) is 2. The minimum atomic E-state index is -0.0429. The first-order chi connectivity index (χ1) is 8.66. The Morgan fingerprint density at radius 2 is 2.22 bits per heavy atom. The molecule has 18 heavy (non-hydrogen) atoms. The highest BCUT2D eigenvalue weighted by atomic mass is 127.